The van der Waals surface area contributed by atoms with Crippen molar-refractivity contribution in [2.45, 2.75) is 13.3 Å². The molecule has 0 atom stereocenters. The van der Waals surface area contributed by atoms with Gasteiger partial charge in [0.1, 0.15) is 5.75 Å². The van der Waals surface area contributed by atoms with Gasteiger partial charge < -0.3 is 19.5 Å². The molecule has 3 rings (SSSR count). The van der Waals surface area contributed by atoms with Gasteiger partial charge in [-0.2, -0.15) is 9.78 Å². The van der Waals surface area contributed by atoms with Gasteiger partial charge in [0, 0.05) is 10.2 Å². The minimum atomic E-state index is -4.84. The number of ether oxygens (including phenoxy) is 3. The summed E-state index contributed by atoms with van der Waals surface area (Å²) in [5.41, 5.74) is -0.418. The summed E-state index contributed by atoms with van der Waals surface area (Å²) in [6, 6.07) is 12.1. The lowest BCUT2D eigenvalue weighted by Gasteiger charge is -2.13. The molecule has 1 aromatic heterocycles. The molecule has 3 aromatic rings. The van der Waals surface area contributed by atoms with Crippen molar-refractivity contribution in [3.8, 4) is 17.2 Å². The maximum absolute atomic E-state index is 12.6. The van der Waals surface area contributed by atoms with Gasteiger partial charge in [-0.15, -0.1) is 13.2 Å². The lowest BCUT2D eigenvalue weighted by molar-refractivity contribution is -0.274. The molecule has 2 aromatic carbocycles. The Hall–Kier alpha value is -3.87. The number of halogens is 4. The molecule has 0 bridgehead atoms. The Morgan fingerprint density at radius 1 is 1.11 bits per heavy atom. The molecule has 1 amide bonds. The third-order valence-corrected chi connectivity index (χ3v) is 4.64. The standard InChI is InChI=1S/C22H17BrF3N3O6/c1-2-33-21(32)20-17(11-19(31)29(28-20)15-5-3-4-13(23)10-15)34-12-18(30)27-14-6-8-16(9-7-14)35-22(24,25)26/h3-11H,2,12H2,1H3,(H,27,30). The molecule has 1 N–H and O–H groups in total. The summed E-state index contributed by atoms with van der Waals surface area (Å²) in [7, 11) is 0. The summed E-state index contributed by atoms with van der Waals surface area (Å²) in [4.78, 5) is 37.3. The van der Waals surface area contributed by atoms with Crippen LogP contribution >= 0.6 is 15.9 Å². The Labute approximate surface area is 204 Å². The largest absolute Gasteiger partial charge is 0.573 e. The van der Waals surface area contributed by atoms with Crippen LogP contribution in [0.5, 0.6) is 11.5 Å². The molecule has 0 fully saturated rings. The second-order valence-electron chi connectivity index (χ2n) is 6.72. The second-order valence-corrected chi connectivity index (χ2v) is 7.63. The van der Waals surface area contributed by atoms with E-state index in [9.17, 15) is 27.6 Å². The van der Waals surface area contributed by atoms with Crippen molar-refractivity contribution in [3.63, 3.8) is 0 Å². The van der Waals surface area contributed by atoms with Crippen LogP contribution in [0.25, 0.3) is 5.69 Å². The van der Waals surface area contributed by atoms with Gasteiger partial charge in [-0.3, -0.25) is 9.59 Å². The van der Waals surface area contributed by atoms with Gasteiger partial charge in [0.25, 0.3) is 11.5 Å². The number of carbonyl (C=O) groups excluding carboxylic acids is 2. The number of carbonyl (C=O) groups is 2. The fraction of sp³-hybridized carbons (Fsp3) is 0.182. The average Bonchev–Trinajstić information content (AvgIpc) is 2.78. The summed E-state index contributed by atoms with van der Waals surface area (Å²) < 4.78 is 52.5. The van der Waals surface area contributed by atoms with E-state index in [4.69, 9.17) is 9.47 Å². The van der Waals surface area contributed by atoms with Gasteiger partial charge >= 0.3 is 12.3 Å². The molecule has 0 saturated heterocycles. The predicted molar refractivity (Wildman–Crippen MR) is 121 cm³/mol. The van der Waals surface area contributed by atoms with Crippen molar-refractivity contribution in [1.82, 2.24) is 9.78 Å². The van der Waals surface area contributed by atoms with E-state index >= 15 is 0 Å². The molecule has 1 heterocycles. The fourth-order valence-electron chi connectivity index (χ4n) is 2.76. The van der Waals surface area contributed by atoms with E-state index in [-0.39, 0.29) is 23.7 Å². The van der Waals surface area contributed by atoms with E-state index in [0.717, 1.165) is 22.9 Å². The number of hydrogen-bond acceptors (Lipinski definition) is 7. The maximum Gasteiger partial charge on any atom is 0.573 e. The number of nitrogens with zero attached hydrogens (tertiary/aromatic N) is 2. The molecule has 0 aliphatic heterocycles. The molecule has 184 valence electrons. The number of alkyl halides is 3. The van der Waals surface area contributed by atoms with Crippen LogP contribution < -0.4 is 20.3 Å². The maximum atomic E-state index is 12.6. The molecule has 35 heavy (non-hydrogen) atoms. The summed E-state index contributed by atoms with van der Waals surface area (Å²) >= 11 is 3.29. The smallest absolute Gasteiger partial charge is 0.481 e. The topological polar surface area (TPSA) is 109 Å². The normalized spacial score (nSPS) is 11.0. The lowest BCUT2D eigenvalue weighted by Crippen LogP contribution is -2.27. The highest BCUT2D eigenvalue weighted by atomic mass is 79.9. The predicted octanol–water partition coefficient (Wildman–Crippen LogP) is 4.09. The lowest BCUT2D eigenvalue weighted by atomic mass is 10.3. The highest BCUT2D eigenvalue weighted by Crippen LogP contribution is 2.24. The van der Waals surface area contributed by atoms with Crippen molar-refractivity contribution >= 4 is 33.5 Å². The molecule has 0 saturated carbocycles. The first-order valence-corrected chi connectivity index (χ1v) is 10.7. The third-order valence-electron chi connectivity index (χ3n) is 4.15. The van der Waals surface area contributed by atoms with Gasteiger partial charge in [0.2, 0.25) is 5.69 Å². The number of esters is 1. The minimum absolute atomic E-state index is 0.0322. The van der Waals surface area contributed by atoms with Gasteiger partial charge in [-0.05, 0) is 49.4 Å². The van der Waals surface area contributed by atoms with Crippen LogP contribution in [0.1, 0.15) is 17.4 Å². The van der Waals surface area contributed by atoms with E-state index in [1.54, 1.807) is 31.2 Å². The molecule has 0 aliphatic rings. The van der Waals surface area contributed by atoms with Crippen LogP contribution in [0.3, 0.4) is 0 Å². The van der Waals surface area contributed by atoms with E-state index in [1.165, 1.54) is 12.1 Å². The van der Waals surface area contributed by atoms with Gasteiger partial charge in [-0.25, -0.2) is 4.79 Å². The Balaban J connectivity index is 1.76. The quantitative estimate of drug-likeness (QED) is 0.417. The van der Waals surface area contributed by atoms with Crippen molar-refractivity contribution in [2.75, 3.05) is 18.5 Å². The Bertz CT molecular complexity index is 1280. The van der Waals surface area contributed by atoms with E-state index in [0.29, 0.717) is 10.2 Å². The van der Waals surface area contributed by atoms with Crippen molar-refractivity contribution < 1.29 is 37.0 Å². The van der Waals surface area contributed by atoms with Crippen molar-refractivity contribution in [1.29, 1.82) is 0 Å². The van der Waals surface area contributed by atoms with E-state index in [1.807, 2.05) is 0 Å². The van der Waals surface area contributed by atoms with Gasteiger partial charge in [0.15, 0.2) is 12.4 Å². The second kappa shape index (κ2) is 11.0. The molecule has 0 aliphatic carbocycles. The van der Waals surface area contributed by atoms with Crippen LogP contribution in [0.4, 0.5) is 18.9 Å². The average molecular weight is 556 g/mol. The number of rotatable bonds is 8. The molecule has 0 unspecified atom stereocenters. The molecular weight excluding hydrogens is 539 g/mol. The van der Waals surface area contributed by atoms with Crippen LogP contribution in [0, 0.1) is 0 Å². The van der Waals surface area contributed by atoms with Crippen LogP contribution in [0.15, 0.2) is 63.9 Å². The summed E-state index contributed by atoms with van der Waals surface area (Å²) in [6.07, 6.45) is -4.84. The summed E-state index contributed by atoms with van der Waals surface area (Å²) in [6.45, 7) is 0.987. The molecule has 9 nitrogen and oxygen atoms in total. The Kier molecular flexibility index (Phi) is 8.12. The van der Waals surface area contributed by atoms with Crippen molar-refractivity contribution in [3.05, 3.63) is 75.1 Å². The molecule has 13 heteroatoms. The zero-order valence-electron chi connectivity index (χ0n) is 18.0. The molecule has 0 radical (unpaired) electrons. The Morgan fingerprint density at radius 3 is 2.46 bits per heavy atom. The number of hydrogen-bond donors (Lipinski definition) is 1. The number of amides is 1. The molecule has 0 spiro atoms. The highest BCUT2D eigenvalue weighted by Gasteiger charge is 2.31. The number of anilines is 1. The highest BCUT2D eigenvalue weighted by molar-refractivity contribution is 9.10. The van der Waals surface area contributed by atoms with Crippen LogP contribution in [-0.4, -0.2) is 41.2 Å². The first-order chi connectivity index (χ1) is 16.6. The summed E-state index contributed by atoms with van der Waals surface area (Å²) in [5, 5.41) is 6.46. The monoisotopic (exact) mass is 555 g/mol. The Morgan fingerprint density at radius 2 is 1.83 bits per heavy atom. The number of nitrogens with one attached hydrogen (secondary N) is 1. The van der Waals surface area contributed by atoms with Crippen LogP contribution in [0.2, 0.25) is 0 Å². The minimum Gasteiger partial charge on any atom is -0.481 e. The van der Waals surface area contributed by atoms with Crippen LogP contribution in [-0.2, 0) is 9.53 Å². The van der Waals surface area contributed by atoms with Crippen molar-refractivity contribution in [2.24, 2.45) is 0 Å². The zero-order chi connectivity index (χ0) is 25.6. The first-order valence-electron chi connectivity index (χ1n) is 9.91. The van der Waals surface area contributed by atoms with Gasteiger partial charge in [-0.1, -0.05) is 22.0 Å². The number of benzene rings is 2. The third kappa shape index (κ3) is 7.30. The number of aromatic nitrogens is 2. The van der Waals surface area contributed by atoms with E-state index < -0.39 is 36.2 Å². The first kappa shape index (κ1) is 25.7. The molecular formula is C22H17BrF3N3O6. The zero-order valence-corrected chi connectivity index (χ0v) is 19.6. The SMILES string of the molecule is CCOC(=O)c1nn(-c2cccc(Br)c2)c(=O)cc1OCC(=O)Nc1ccc(OC(F)(F)F)cc1. The fourth-order valence-corrected chi connectivity index (χ4v) is 3.15. The van der Waals surface area contributed by atoms with E-state index in [2.05, 4.69) is 31.1 Å². The van der Waals surface area contributed by atoms with Gasteiger partial charge in [0.05, 0.1) is 18.4 Å². The summed E-state index contributed by atoms with van der Waals surface area (Å²) in [5.74, 6) is -2.31.